The third-order valence-corrected chi connectivity index (χ3v) is 2.97. The van der Waals surface area contributed by atoms with Gasteiger partial charge in [-0.15, -0.1) is 0 Å². The Morgan fingerprint density at radius 2 is 2.00 bits per heavy atom. The van der Waals surface area contributed by atoms with E-state index in [9.17, 15) is 4.79 Å². The number of benzene rings is 1. The van der Waals surface area contributed by atoms with Gasteiger partial charge in [-0.25, -0.2) is 0 Å². The molecule has 1 rings (SSSR count). The molecule has 0 aliphatic heterocycles. The van der Waals surface area contributed by atoms with Crippen LogP contribution in [0.5, 0.6) is 0 Å². The molecule has 0 aliphatic carbocycles. The van der Waals surface area contributed by atoms with Crippen LogP contribution < -0.4 is 4.90 Å². The molecule has 90 valence electrons. The Bertz CT molecular complexity index is 417. The smallest absolute Gasteiger partial charge is 0.162 e. The molecule has 0 amide bonds. The van der Waals surface area contributed by atoms with Gasteiger partial charge in [-0.1, -0.05) is 6.92 Å². The first-order valence-electron chi connectivity index (χ1n) is 5.83. The average Bonchev–Trinajstić information content (AvgIpc) is 2.37. The molecule has 0 aromatic heterocycles. The molecule has 0 spiro atoms. The zero-order valence-electron chi connectivity index (χ0n) is 10.6. The van der Waals surface area contributed by atoms with E-state index in [-0.39, 0.29) is 11.8 Å². The van der Waals surface area contributed by atoms with Gasteiger partial charge in [-0.3, -0.25) is 4.79 Å². The summed E-state index contributed by atoms with van der Waals surface area (Å²) in [7, 11) is 1.96. The Morgan fingerprint density at radius 3 is 2.47 bits per heavy atom. The topological polar surface area (TPSA) is 44.1 Å². The molecule has 0 N–H and O–H groups in total. The van der Waals surface area contributed by atoms with E-state index < -0.39 is 0 Å². The van der Waals surface area contributed by atoms with Gasteiger partial charge in [0.25, 0.3) is 0 Å². The molecular weight excluding hydrogens is 212 g/mol. The quantitative estimate of drug-likeness (QED) is 0.730. The number of anilines is 1. The second-order valence-corrected chi connectivity index (χ2v) is 4.15. The summed E-state index contributed by atoms with van der Waals surface area (Å²) in [5.74, 6) is 0.157. The Labute approximate surface area is 103 Å². The van der Waals surface area contributed by atoms with Crippen molar-refractivity contribution in [2.24, 2.45) is 0 Å². The first-order chi connectivity index (χ1) is 8.10. The summed E-state index contributed by atoms with van der Waals surface area (Å²) in [5, 5.41) is 8.66. The lowest BCUT2D eigenvalue weighted by molar-refractivity contribution is 0.0988. The molecule has 0 saturated carbocycles. The normalized spacial score (nSPS) is 11.6. The molecule has 1 atom stereocenters. The maximum absolute atomic E-state index is 11.5. The van der Waals surface area contributed by atoms with Gasteiger partial charge in [0, 0.05) is 30.8 Å². The minimum Gasteiger partial charge on any atom is -0.371 e. The molecule has 1 aromatic carbocycles. The molecular formula is C14H18N2O. The number of rotatable bonds is 5. The van der Waals surface area contributed by atoms with Gasteiger partial charge in [0.15, 0.2) is 5.78 Å². The van der Waals surface area contributed by atoms with E-state index in [4.69, 9.17) is 5.26 Å². The van der Waals surface area contributed by atoms with Crippen LogP contribution in [0, 0.1) is 11.3 Å². The van der Waals surface area contributed by atoms with Gasteiger partial charge < -0.3 is 4.90 Å². The number of nitriles is 1. The van der Waals surface area contributed by atoms with Crippen molar-refractivity contribution in [1.29, 1.82) is 5.26 Å². The predicted molar refractivity (Wildman–Crippen MR) is 69.2 cm³/mol. The predicted octanol–water partition coefficient (Wildman–Crippen LogP) is 3.02. The third kappa shape index (κ3) is 3.32. The second-order valence-electron chi connectivity index (χ2n) is 4.15. The molecule has 0 bridgehead atoms. The van der Waals surface area contributed by atoms with Crippen LogP contribution in [0.25, 0.3) is 0 Å². The number of hydrogen-bond acceptors (Lipinski definition) is 3. The first-order valence-corrected chi connectivity index (χ1v) is 5.83. The third-order valence-electron chi connectivity index (χ3n) is 2.97. The van der Waals surface area contributed by atoms with Gasteiger partial charge in [-0.2, -0.15) is 5.26 Å². The van der Waals surface area contributed by atoms with Gasteiger partial charge in [0.1, 0.15) is 0 Å². The summed E-state index contributed by atoms with van der Waals surface area (Å²) in [5.41, 5.74) is 1.78. The lowest BCUT2D eigenvalue weighted by Crippen LogP contribution is -2.28. The van der Waals surface area contributed by atoms with E-state index >= 15 is 0 Å². The Balaban J connectivity index is 2.81. The van der Waals surface area contributed by atoms with Crippen molar-refractivity contribution in [3.05, 3.63) is 29.8 Å². The summed E-state index contributed by atoms with van der Waals surface area (Å²) in [6.45, 7) is 3.87. The van der Waals surface area contributed by atoms with Gasteiger partial charge in [-0.05, 0) is 31.2 Å². The second kappa shape index (κ2) is 6.05. The molecule has 3 nitrogen and oxygen atoms in total. The maximum atomic E-state index is 11.5. The van der Waals surface area contributed by atoms with Crippen molar-refractivity contribution in [1.82, 2.24) is 0 Å². The molecule has 0 radical (unpaired) electrons. The number of ketones is 1. The molecule has 1 unspecified atom stereocenters. The van der Waals surface area contributed by atoms with Gasteiger partial charge in [0.2, 0.25) is 0 Å². The summed E-state index contributed by atoms with van der Waals surface area (Å²) in [4.78, 5) is 13.5. The van der Waals surface area contributed by atoms with E-state index in [1.165, 1.54) is 0 Å². The molecule has 0 aliphatic rings. The highest BCUT2D eigenvalue weighted by molar-refractivity contribution is 5.96. The van der Waals surface area contributed by atoms with Crippen molar-refractivity contribution in [3.8, 4) is 6.07 Å². The summed E-state index contributed by atoms with van der Waals surface area (Å²) in [6, 6.07) is 9.88. The highest BCUT2D eigenvalue weighted by Crippen LogP contribution is 2.18. The monoisotopic (exact) mass is 230 g/mol. The average molecular weight is 230 g/mol. The van der Waals surface area contributed by atoms with Crippen molar-refractivity contribution in [3.63, 3.8) is 0 Å². The lowest BCUT2D eigenvalue weighted by atomic mass is 10.1. The fraction of sp³-hybridized carbons (Fsp3) is 0.429. The Hall–Kier alpha value is -1.82. The Morgan fingerprint density at radius 1 is 1.41 bits per heavy atom. The van der Waals surface area contributed by atoms with Crippen LogP contribution >= 0.6 is 0 Å². The van der Waals surface area contributed by atoms with Crippen molar-refractivity contribution in [2.75, 3.05) is 11.9 Å². The largest absolute Gasteiger partial charge is 0.371 e. The minimum atomic E-state index is 0.157. The summed E-state index contributed by atoms with van der Waals surface area (Å²) >= 11 is 0. The van der Waals surface area contributed by atoms with E-state index in [0.29, 0.717) is 12.8 Å². The minimum absolute atomic E-state index is 0.157. The van der Waals surface area contributed by atoms with E-state index in [1.54, 1.807) is 0 Å². The van der Waals surface area contributed by atoms with Crippen LogP contribution in [0.2, 0.25) is 0 Å². The summed E-state index contributed by atoms with van der Waals surface area (Å²) in [6.07, 6.45) is 1.02. The van der Waals surface area contributed by atoms with Gasteiger partial charge in [0.05, 0.1) is 12.5 Å². The van der Waals surface area contributed by atoms with Crippen LogP contribution in [0.15, 0.2) is 24.3 Å². The first kappa shape index (κ1) is 13.2. The zero-order chi connectivity index (χ0) is 12.8. The zero-order valence-corrected chi connectivity index (χ0v) is 10.6. The summed E-state index contributed by atoms with van der Waals surface area (Å²) < 4.78 is 0. The molecule has 0 fully saturated rings. The van der Waals surface area contributed by atoms with Gasteiger partial charge >= 0.3 is 0 Å². The number of nitrogens with zero attached hydrogens (tertiary/aromatic N) is 2. The number of Topliss-reactive ketones (excluding diaryl/α,β-unsaturated/α-hetero) is 1. The maximum Gasteiger partial charge on any atom is 0.162 e. The number of carbonyl (C=O) groups is 1. The molecule has 3 heteroatoms. The van der Waals surface area contributed by atoms with Crippen LogP contribution in [0.1, 0.15) is 37.0 Å². The van der Waals surface area contributed by atoms with Crippen LogP contribution in [0.3, 0.4) is 0 Å². The standard InChI is InChI=1S/C14H18N2O/c1-4-14(17)12-5-7-13(8-6-12)16(3)11(2)9-10-15/h5-8,11H,4,9H2,1-3H3. The molecule has 0 saturated heterocycles. The molecule has 1 aromatic rings. The van der Waals surface area contributed by atoms with E-state index in [2.05, 4.69) is 6.07 Å². The fourth-order valence-electron chi connectivity index (χ4n) is 1.61. The fourth-order valence-corrected chi connectivity index (χ4v) is 1.61. The van der Waals surface area contributed by atoms with Crippen molar-refractivity contribution >= 4 is 11.5 Å². The van der Waals surface area contributed by atoms with Crippen LogP contribution in [-0.4, -0.2) is 18.9 Å². The van der Waals surface area contributed by atoms with E-state index in [0.717, 1.165) is 11.3 Å². The SMILES string of the molecule is CCC(=O)c1ccc(N(C)C(C)CC#N)cc1. The number of hydrogen-bond donors (Lipinski definition) is 0. The van der Waals surface area contributed by atoms with Crippen molar-refractivity contribution < 1.29 is 4.79 Å². The van der Waals surface area contributed by atoms with Crippen LogP contribution in [0.4, 0.5) is 5.69 Å². The van der Waals surface area contributed by atoms with Crippen LogP contribution in [-0.2, 0) is 0 Å². The highest BCUT2D eigenvalue weighted by atomic mass is 16.1. The van der Waals surface area contributed by atoms with Crippen molar-refractivity contribution in [2.45, 2.75) is 32.7 Å². The highest BCUT2D eigenvalue weighted by Gasteiger charge is 2.10. The Kier molecular flexibility index (Phi) is 4.71. The number of carbonyl (C=O) groups excluding carboxylic acids is 1. The van der Waals surface area contributed by atoms with E-state index in [1.807, 2.05) is 50.1 Å². The molecule has 0 heterocycles. The lowest BCUT2D eigenvalue weighted by Gasteiger charge is -2.25. The molecule has 17 heavy (non-hydrogen) atoms.